The molecule has 1 heterocycles. The summed E-state index contributed by atoms with van der Waals surface area (Å²) in [7, 11) is 0. The summed E-state index contributed by atoms with van der Waals surface area (Å²) in [6.45, 7) is 9.90. The molecule has 0 aliphatic carbocycles. The number of aryl methyl sites for hydroxylation is 2. The fourth-order valence-electron chi connectivity index (χ4n) is 1.28. The Balaban J connectivity index is 2.63. The molecule has 0 spiro atoms. The molecule has 16 heavy (non-hydrogen) atoms. The number of thiazole rings is 1. The van der Waals surface area contributed by atoms with Gasteiger partial charge in [0.25, 0.3) is 0 Å². The van der Waals surface area contributed by atoms with E-state index in [0.29, 0.717) is 5.13 Å². The minimum Gasteiger partial charge on any atom is -0.333 e. The number of amides is 2. The molecule has 1 aromatic heterocycles. The zero-order valence-electron chi connectivity index (χ0n) is 10.5. The molecule has 0 atom stereocenters. The van der Waals surface area contributed by atoms with Gasteiger partial charge in [-0.05, 0) is 34.1 Å². The predicted octanol–water partition coefficient (Wildman–Crippen LogP) is 2.93. The molecule has 4 nitrogen and oxygen atoms in total. The second-order valence-corrected chi connectivity index (χ2v) is 5.91. The van der Waals surface area contributed by atoms with Crippen LogP contribution in [0.15, 0.2) is 0 Å². The van der Waals surface area contributed by atoms with Crippen LogP contribution in [0.1, 0.15) is 38.3 Å². The van der Waals surface area contributed by atoms with E-state index in [0.717, 1.165) is 17.0 Å². The molecular weight excluding hydrogens is 222 g/mol. The fourth-order valence-corrected chi connectivity index (χ4v) is 2.18. The van der Waals surface area contributed by atoms with E-state index < -0.39 is 0 Å². The summed E-state index contributed by atoms with van der Waals surface area (Å²) in [6.07, 6.45) is 0.894. The number of nitrogens with zero attached hydrogens (tertiary/aromatic N) is 1. The maximum Gasteiger partial charge on any atom is 0.321 e. The van der Waals surface area contributed by atoms with Crippen LogP contribution in [0.25, 0.3) is 0 Å². The second kappa shape index (κ2) is 4.82. The number of carbonyl (C=O) groups excluding carboxylic acids is 1. The molecule has 0 saturated carbocycles. The lowest BCUT2D eigenvalue weighted by molar-refractivity contribution is 0.244. The van der Waals surface area contributed by atoms with E-state index >= 15 is 0 Å². The minimum atomic E-state index is -0.232. The molecule has 0 fully saturated rings. The molecule has 0 aromatic carbocycles. The third kappa shape index (κ3) is 3.81. The Morgan fingerprint density at radius 2 is 2.06 bits per heavy atom. The van der Waals surface area contributed by atoms with E-state index in [4.69, 9.17) is 0 Å². The summed E-state index contributed by atoms with van der Waals surface area (Å²) in [5.41, 5.74) is 0.820. The number of hydrogen-bond donors (Lipinski definition) is 2. The summed E-state index contributed by atoms with van der Waals surface area (Å²) in [4.78, 5) is 17.1. The van der Waals surface area contributed by atoms with Crippen molar-refractivity contribution < 1.29 is 4.79 Å². The molecule has 5 heteroatoms. The first-order valence-electron chi connectivity index (χ1n) is 5.37. The van der Waals surface area contributed by atoms with Crippen LogP contribution in [0.3, 0.4) is 0 Å². The molecule has 0 unspecified atom stereocenters. The summed E-state index contributed by atoms with van der Waals surface area (Å²) < 4.78 is 0. The Kier molecular flexibility index (Phi) is 3.91. The van der Waals surface area contributed by atoms with Crippen molar-refractivity contribution in [3.05, 3.63) is 10.6 Å². The van der Waals surface area contributed by atoms with Gasteiger partial charge >= 0.3 is 6.03 Å². The second-order valence-electron chi connectivity index (χ2n) is 4.70. The molecule has 0 aliphatic rings. The van der Waals surface area contributed by atoms with Crippen LogP contribution in [0.4, 0.5) is 9.93 Å². The van der Waals surface area contributed by atoms with Crippen molar-refractivity contribution in [2.75, 3.05) is 5.32 Å². The Morgan fingerprint density at radius 1 is 1.44 bits per heavy atom. The van der Waals surface area contributed by atoms with Crippen molar-refractivity contribution >= 4 is 22.5 Å². The Morgan fingerprint density at radius 3 is 2.50 bits per heavy atom. The van der Waals surface area contributed by atoms with Gasteiger partial charge in [-0.3, -0.25) is 5.32 Å². The van der Waals surface area contributed by atoms with Crippen LogP contribution in [-0.4, -0.2) is 16.6 Å². The number of nitrogens with one attached hydrogen (secondary N) is 2. The molecule has 90 valence electrons. The molecule has 2 amide bonds. The van der Waals surface area contributed by atoms with E-state index in [1.807, 2.05) is 27.7 Å². The zero-order valence-corrected chi connectivity index (χ0v) is 11.3. The average Bonchev–Trinajstić information content (AvgIpc) is 2.42. The highest BCUT2D eigenvalue weighted by Crippen LogP contribution is 2.22. The van der Waals surface area contributed by atoms with Gasteiger partial charge in [0.05, 0.1) is 5.69 Å². The predicted molar refractivity (Wildman–Crippen MR) is 68.1 cm³/mol. The highest BCUT2D eigenvalue weighted by molar-refractivity contribution is 7.15. The maximum absolute atomic E-state index is 11.6. The molecule has 1 rings (SSSR count). The number of urea groups is 1. The smallest absolute Gasteiger partial charge is 0.321 e. The molecule has 1 aromatic rings. The topological polar surface area (TPSA) is 54.0 Å². The van der Waals surface area contributed by atoms with E-state index in [2.05, 4.69) is 22.5 Å². The van der Waals surface area contributed by atoms with Gasteiger partial charge in [-0.2, -0.15) is 0 Å². The summed E-state index contributed by atoms with van der Waals surface area (Å²) in [5, 5.41) is 6.25. The Labute approximate surface area is 100 Å². The van der Waals surface area contributed by atoms with E-state index in [9.17, 15) is 4.79 Å². The molecule has 0 saturated heterocycles. The van der Waals surface area contributed by atoms with E-state index in [1.165, 1.54) is 11.3 Å². The highest BCUT2D eigenvalue weighted by atomic mass is 32.1. The third-order valence-electron chi connectivity index (χ3n) is 1.94. The number of anilines is 1. The maximum atomic E-state index is 11.6. The zero-order chi connectivity index (χ0) is 12.3. The molecule has 2 N–H and O–H groups in total. The van der Waals surface area contributed by atoms with Gasteiger partial charge in [0.15, 0.2) is 5.13 Å². The van der Waals surface area contributed by atoms with E-state index in [1.54, 1.807) is 0 Å². The van der Waals surface area contributed by atoms with Gasteiger partial charge in [0, 0.05) is 10.4 Å². The van der Waals surface area contributed by atoms with Gasteiger partial charge in [0.1, 0.15) is 0 Å². The first-order valence-corrected chi connectivity index (χ1v) is 6.19. The van der Waals surface area contributed by atoms with Crippen LogP contribution in [-0.2, 0) is 6.42 Å². The number of aromatic nitrogens is 1. The van der Waals surface area contributed by atoms with Crippen LogP contribution in [0.2, 0.25) is 0 Å². The average molecular weight is 241 g/mol. The quantitative estimate of drug-likeness (QED) is 0.836. The van der Waals surface area contributed by atoms with Gasteiger partial charge in [0.2, 0.25) is 0 Å². The lowest BCUT2D eigenvalue weighted by Gasteiger charge is -2.20. The normalized spacial score (nSPS) is 11.3. The summed E-state index contributed by atoms with van der Waals surface area (Å²) in [6, 6.07) is -0.205. The van der Waals surface area contributed by atoms with Crippen LogP contribution in [0.5, 0.6) is 0 Å². The largest absolute Gasteiger partial charge is 0.333 e. The summed E-state index contributed by atoms with van der Waals surface area (Å²) >= 11 is 1.51. The number of carbonyl (C=O) groups is 1. The van der Waals surface area contributed by atoms with Crippen LogP contribution >= 0.6 is 11.3 Å². The third-order valence-corrected chi connectivity index (χ3v) is 2.87. The van der Waals surface area contributed by atoms with Crippen molar-refractivity contribution in [3.63, 3.8) is 0 Å². The highest BCUT2D eigenvalue weighted by Gasteiger charge is 2.15. The number of hydrogen-bond acceptors (Lipinski definition) is 3. The fraction of sp³-hybridized carbons (Fsp3) is 0.636. The Bertz CT molecular complexity index is 379. The van der Waals surface area contributed by atoms with Crippen molar-refractivity contribution in [3.8, 4) is 0 Å². The van der Waals surface area contributed by atoms with Crippen molar-refractivity contribution in [2.24, 2.45) is 0 Å². The van der Waals surface area contributed by atoms with Crippen molar-refractivity contribution in [1.29, 1.82) is 0 Å². The molecule has 0 bridgehead atoms. The van der Waals surface area contributed by atoms with Gasteiger partial charge in [-0.25, -0.2) is 9.78 Å². The first kappa shape index (κ1) is 13.0. The Hall–Kier alpha value is -1.10. The SMILES string of the molecule is CCc1nc(NC(=O)NC(C)(C)C)sc1C. The lowest BCUT2D eigenvalue weighted by Crippen LogP contribution is -2.43. The van der Waals surface area contributed by atoms with Crippen molar-refractivity contribution in [2.45, 2.75) is 46.6 Å². The standard InChI is InChI=1S/C11H19N3OS/c1-6-8-7(2)16-10(12-8)13-9(15)14-11(3,4)5/h6H2,1-5H3,(H2,12,13,14,15). The minimum absolute atomic E-state index is 0.205. The van der Waals surface area contributed by atoms with Gasteiger partial charge < -0.3 is 5.32 Å². The molecular formula is C11H19N3OS. The van der Waals surface area contributed by atoms with Gasteiger partial charge in [-0.1, -0.05) is 6.92 Å². The molecule has 0 aliphatic heterocycles. The van der Waals surface area contributed by atoms with Gasteiger partial charge in [-0.15, -0.1) is 11.3 Å². The molecule has 0 radical (unpaired) electrons. The summed E-state index contributed by atoms with van der Waals surface area (Å²) in [5.74, 6) is 0. The van der Waals surface area contributed by atoms with Crippen LogP contribution in [0, 0.1) is 6.92 Å². The lowest BCUT2D eigenvalue weighted by atomic mass is 10.1. The van der Waals surface area contributed by atoms with Crippen LogP contribution < -0.4 is 10.6 Å². The number of rotatable bonds is 2. The monoisotopic (exact) mass is 241 g/mol. The van der Waals surface area contributed by atoms with E-state index in [-0.39, 0.29) is 11.6 Å². The first-order chi connectivity index (χ1) is 7.31. The van der Waals surface area contributed by atoms with Crippen molar-refractivity contribution in [1.82, 2.24) is 10.3 Å².